The van der Waals surface area contributed by atoms with Crippen molar-refractivity contribution in [1.29, 1.82) is 0 Å². The molecule has 1 atom stereocenters. The maximum Gasteiger partial charge on any atom is 0.161 e. The Bertz CT molecular complexity index is 152. The molecule has 0 bridgehead atoms. The second-order valence-corrected chi connectivity index (χ2v) is 4.27. The lowest BCUT2D eigenvalue weighted by atomic mass is 10.0. The molecule has 2 nitrogen and oxygen atoms in total. The minimum absolute atomic E-state index is 0.160. The lowest BCUT2D eigenvalue weighted by Gasteiger charge is -2.13. The molecule has 0 aromatic carbocycles. The molecule has 84 valence electrons. The van der Waals surface area contributed by atoms with E-state index in [-0.39, 0.29) is 11.9 Å². The molecular formula is C12H24O2. The van der Waals surface area contributed by atoms with E-state index in [4.69, 9.17) is 4.74 Å². The van der Waals surface area contributed by atoms with Crippen LogP contribution in [0, 0.1) is 5.92 Å². The first-order valence-corrected chi connectivity index (χ1v) is 5.67. The summed E-state index contributed by atoms with van der Waals surface area (Å²) in [6.07, 6.45) is 4.52. The minimum Gasteiger partial charge on any atom is -0.374 e. The predicted molar refractivity (Wildman–Crippen MR) is 59.4 cm³/mol. The zero-order valence-electron chi connectivity index (χ0n) is 10.0. The monoisotopic (exact) mass is 200 g/mol. The van der Waals surface area contributed by atoms with Gasteiger partial charge in [0.1, 0.15) is 6.10 Å². The Kier molecular flexibility index (Phi) is 7.77. The van der Waals surface area contributed by atoms with Gasteiger partial charge in [-0.2, -0.15) is 0 Å². The van der Waals surface area contributed by atoms with Crippen molar-refractivity contribution < 1.29 is 9.53 Å². The van der Waals surface area contributed by atoms with Gasteiger partial charge < -0.3 is 4.74 Å². The molecule has 0 aromatic heterocycles. The summed E-state index contributed by atoms with van der Waals surface area (Å²) in [7, 11) is 1.63. The van der Waals surface area contributed by atoms with E-state index in [9.17, 15) is 4.79 Å². The molecule has 1 unspecified atom stereocenters. The van der Waals surface area contributed by atoms with Crippen molar-refractivity contribution in [3.8, 4) is 0 Å². The molecule has 0 aliphatic rings. The van der Waals surface area contributed by atoms with Gasteiger partial charge in [-0.3, -0.25) is 4.79 Å². The first-order valence-electron chi connectivity index (χ1n) is 5.67. The zero-order chi connectivity index (χ0) is 11.0. The van der Waals surface area contributed by atoms with E-state index >= 15 is 0 Å². The molecule has 0 spiro atoms. The minimum atomic E-state index is -0.160. The number of hydrogen-bond donors (Lipinski definition) is 0. The van der Waals surface area contributed by atoms with Gasteiger partial charge >= 0.3 is 0 Å². The van der Waals surface area contributed by atoms with Gasteiger partial charge in [-0.1, -0.05) is 33.6 Å². The highest BCUT2D eigenvalue weighted by Gasteiger charge is 2.15. The van der Waals surface area contributed by atoms with Crippen LogP contribution < -0.4 is 0 Å². The standard InChI is InChI=1S/C12H24O2/c1-5-7-12(14-4)11(13)9-6-8-10(2)3/h10,12H,5-9H2,1-4H3. The Balaban J connectivity index is 3.69. The first-order chi connectivity index (χ1) is 6.61. The number of rotatable bonds is 8. The normalized spacial score (nSPS) is 13.2. The molecule has 2 heteroatoms. The van der Waals surface area contributed by atoms with Crippen molar-refractivity contribution >= 4 is 5.78 Å². The van der Waals surface area contributed by atoms with Crippen molar-refractivity contribution in [3.63, 3.8) is 0 Å². The van der Waals surface area contributed by atoms with Crippen LogP contribution in [-0.4, -0.2) is 19.0 Å². The summed E-state index contributed by atoms with van der Waals surface area (Å²) in [5.41, 5.74) is 0. The van der Waals surface area contributed by atoms with Gasteiger partial charge in [-0.25, -0.2) is 0 Å². The van der Waals surface area contributed by atoms with Gasteiger partial charge in [-0.15, -0.1) is 0 Å². The zero-order valence-corrected chi connectivity index (χ0v) is 10.0. The predicted octanol–water partition coefficient (Wildman–Crippen LogP) is 3.20. The number of methoxy groups -OCH3 is 1. The summed E-state index contributed by atoms with van der Waals surface area (Å²) in [6, 6.07) is 0. The van der Waals surface area contributed by atoms with Crippen LogP contribution in [0.25, 0.3) is 0 Å². The van der Waals surface area contributed by atoms with Crippen molar-refractivity contribution in [2.45, 2.75) is 59.0 Å². The number of hydrogen-bond acceptors (Lipinski definition) is 2. The van der Waals surface area contributed by atoms with Crippen LogP contribution in [0.5, 0.6) is 0 Å². The van der Waals surface area contributed by atoms with Crippen molar-refractivity contribution in [2.24, 2.45) is 5.92 Å². The molecule has 0 aliphatic carbocycles. The van der Waals surface area contributed by atoms with Crippen LogP contribution in [0.4, 0.5) is 0 Å². The molecule has 0 amide bonds. The lowest BCUT2D eigenvalue weighted by Crippen LogP contribution is -2.22. The van der Waals surface area contributed by atoms with Crippen LogP contribution >= 0.6 is 0 Å². The summed E-state index contributed by atoms with van der Waals surface area (Å²) in [6.45, 7) is 6.45. The van der Waals surface area contributed by atoms with Gasteiger partial charge in [0.15, 0.2) is 5.78 Å². The smallest absolute Gasteiger partial charge is 0.161 e. The second-order valence-electron chi connectivity index (χ2n) is 4.27. The number of carbonyl (C=O) groups excluding carboxylic acids is 1. The summed E-state index contributed by atoms with van der Waals surface area (Å²) in [5.74, 6) is 0.963. The van der Waals surface area contributed by atoms with Crippen molar-refractivity contribution in [2.75, 3.05) is 7.11 Å². The van der Waals surface area contributed by atoms with Crippen LogP contribution in [-0.2, 0) is 9.53 Å². The SMILES string of the molecule is CCCC(OC)C(=O)CCCC(C)C. The van der Waals surface area contributed by atoms with E-state index in [0.29, 0.717) is 12.3 Å². The number of carbonyl (C=O) groups is 1. The molecule has 0 aliphatic heterocycles. The highest BCUT2D eigenvalue weighted by molar-refractivity contribution is 5.82. The lowest BCUT2D eigenvalue weighted by molar-refractivity contribution is -0.129. The average Bonchev–Trinajstić information content (AvgIpc) is 2.13. The summed E-state index contributed by atoms with van der Waals surface area (Å²) >= 11 is 0. The van der Waals surface area contributed by atoms with Crippen LogP contribution in [0.3, 0.4) is 0 Å². The molecule has 0 saturated carbocycles. The van der Waals surface area contributed by atoms with E-state index in [0.717, 1.165) is 25.7 Å². The molecule has 0 fully saturated rings. The first kappa shape index (κ1) is 13.6. The highest BCUT2D eigenvalue weighted by Crippen LogP contribution is 2.11. The highest BCUT2D eigenvalue weighted by atomic mass is 16.5. The van der Waals surface area contributed by atoms with E-state index in [1.54, 1.807) is 7.11 Å². The summed E-state index contributed by atoms with van der Waals surface area (Å²) < 4.78 is 5.16. The van der Waals surface area contributed by atoms with Gasteiger partial charge in [0.25, 0.3) is 0 Å². The fraction of sp³-hybridized carbons (Fsp3) is 0.917. The van der Waals surface area contributed by atoms with Gasteiger partial charge in [0.2, 0.25) is 0 Å². The molecular weight excluding hydrogens is 176 g/mol. The number of ether oxygens (including phenoxy) is 1. The topological polar surface area (TPSA) is 26.3 Å². The maximum absolute atomic E-state index is 11.6. The Morgan fingerprint density at radius 3 is 2.36 bits per heavy atom. The number of ketones is 1. The van der Waals surface area contributed by atoms with Crippen LogP contribution in [0.15, 0.2) is 0 Å². The largest absolute Gasteiger partial charge is 0.374 e. The third-order valence-corrected chi connectivity index (χ3v) is 2.40. The molecule has 0 radical (unpaired) electrons. The van der Waals surface area contributed by atoms with E-state index in [1.807, 2.05) is 0 Å². The van der Waals surface area contributed by atoms with Gasteiger partial charge in [0.05, 0.1) is 0 Å². The Labute approximate surface area is 88.0 Å². The molecule has 0 aromatic rings. The third kappa shape index (κ3) is 6.14. The molecule has 0 heterocycles. The molecule has 0 N–H and O–H groups in total. The quantitative estimate of drug-likeness (QED) is 0.601. The van der Waals surface area contributed by atoms with Crippen LogP contribution in [0.2, 0.25) is 0 Å². The van der Waals surface area contributed by atoms with Gasteiger partial charge in [-0.05, 0) is 18.8 Å². The van der Waals surface area contributed by atoms with Crippen LogP contribution in [0.1, 0.15) is 52.9 Å². The van der Waals surface area contributed by atoms with E-state index in [1.165, 1.54) is 0 Å². The molecule has 0 rings (SSSR count). The fourth-order valence-corrected chi connectivity index (χ4v) is 1.52. The fourth-order valence-electron chi connectivity index (χ4n) is 1.52. The Morgan fingerprint density at radius 2 is 1.93 bits per heavy atom. The summed E-state index contributed by atoms with van der Waals surface area (Å²) in [4.78, 5) is 11.6. The Morgan fingerprint density at radius 1 is 1.29 bits per heavy atom. The van der Waals surface area contributed by atoms with Gasteiger partial charge in [0, 0.05) is 13.5 Å². The van der Waals surface area contributed by atoms with Crippen molar-refractivity contribution in [3.05, 3.63) is 0 Å². The number of Topliss-reactive ketones (excluding diaryl/α,β-unsaturated/α-hetero) is 1. The van der Waals surface area contributed by atoms with Crippen molar-refractivity contribution in [1.82, 2.24) is 0 Å². The molecule has 0 saturated heterocycles. The average molecular weight is 200 g/mol. The van der Waals surface area contributed by atoms with E-state index in [2.05, 4.69) is 20.8 Å². The maximum atomic E-state index is 11.6. The third-order valence-electron chi connectivity index (χ3n) is 2.40. The summed E-state index contributed by atoms with van der Waals surface area (Å²) in [5, 5.41) is 0. The molecule has 14 heavy (non-hydrogen) atoms. The second kappa shape index (κ2) is 7.98. The van der Waals surface area contributed by atoms with E-state index < -0.39 is 0 Å². The Hall–Kier alpha value is -0.370.